The van der Waals surface area contributed by atoms with E-state index in [-0.39, 0.29) is 11.9 Å². The first-order valence-electron chi connectivity index (χ1n) is 8.20. The topological polar surface area (TPSA) is 72.2 Å². The van der Waals surface area contributed by atoms with Gasteiger partial charge in [0, 0.05) is 30.2 Å². The van der Waals surface area contributed by atoms with Gasteiger partial charge >= 0.3 is 0 Å². The highest BCUT2D eigenvalue weighted by atomic mass is 16.1. The lowest BCUT2D eigenvalue weighted by Crippen LogP contribution is -2.34. The minimum atomic E-state index is -0.0734. The van der Waals surface area contributed by atoms with Crippen LogP contribution in [-0.2, 0) is 0 Å². The second-order valence-electron chi connectivity index (χ2n) is 6.35. The van der Waals surface area contributed by atoms with Crippen LogP contribution in [0.4, 0.5) is 0 Å². The third kappa shape index (κ3) is 2.64. The zero-order valence-electron chi connectivity index (χ0n) is 13.7. The van der Waals surface area contributed by atoms with Crippen LogP contribution in [0.5, 0.6) is 0 Å². The van der Waals surface area contributed by atoms with Crippen LogP contribution >= 0.6 is 0 Å². The van der Waals surface area contributed by atoms with Gasteiger partial charge in [0.25, 0.3) is 5.91 Å². The van der Waals surface area contributed by atoms with Gasteiger partial charge < -0.3 is 5.32 Å². The maximum absolute atomic E-state index is 12.6. The van der Waals surface area contributed by atoms with Crippen molar-refractivity contribution in [3.05, 3.63) is 48.2 Å². The van der Waals surface area contributed by atoms with E-state index < -0.39 is 0 Å². The molecule has 1 atom stereocenters. The molecule has 6 heteroatoms. The van der Waals surface area contributed by atoms with E-state index in [2.05, 4.69) is 27.2 Å². The predicted molar refractivity (Wildman–Crippen MR) is 90.6 cm³/mol. The van der Waals surface area contributed by atoms with E-state index in [4.69, 9.17) is 0 Å². The molecule has 0 radical (unpaired) electrons. The van der Waals surface area contributed by atoms with Gasteiger partial charge in [-0.25, -0.2) is 9.97 Å². The van der Waals surface area contributed by atoms with E-state index in [1.807, 2.05) is 35.7 Å². The zero-order chi connectivity index (χ0) is 16.7. The summed E-state index contributed by atoms with van der Waals surface area (Å²) in [6.45, 7) is 3.98. The van der Waals surface area contributed by atoms with Crippen LogP contribution in [-0.4, -0.2) is 31.3 Å². The predicted octanol–water partition coefficient (Wildman–Crippen LogP) is 2.63. The number of nitrogens with one attached hydrogen (secondary N) is 1. The normalized spacial score (nSPS) is 15.4. The number of aryl methyl sites for hydroxylation is 1. The molecule has 0 bridgehead atoms. The Kier molecular flexibility index (Phi) is 3.52. The molecular formula is C18H19N5O. The van der Waals surface area contributed by atoms with Gasteiger partial charge in [-0.1, -0.05) is 0 Å². The first-order valence-corrected chi connectivity index (χ1v) is 8.20. The Balaban J connectivity index is 1.74. The average Bonchev–Trinajstić information content (AvgIpc) is 3.35. The molecule has 1 unspecified atom stereocenters. The lowest BCUT2D eigenvalue weighted by molar-refractivity contribution is 0.0937. The standard InChI is InChI=1S/C18H19N5O/c1-11(13-3-4-13)20-18(24)15-7-10-23-12(2)21-16(22-17(15)23)14-5-8-19-9-6-14/h5-11,13H,3-4H2,1-2H3,(H,20,24). The molecule has 0 spiro atoms. The Labute approximate surface area is 140 Å². The van der Waals surface area contributed by atoms with E-state index >= 15 is 0 Å². The molecule has 1 N–H and O–H groups in total. The van der Waals surface area contributed by atoms with Crippen LogP contribution in [0.3, 0.4) is 0 Å². The van der Waals surface area contributed by atoms with Crippen molar-refractivity contribution in [3.8, 4) is 11.4 Å². The summed E-state index contributed by atoms with van der Waals surface area (Å²) in [4.78, 5) is 25.8. The fraction of sp³-hybridized carbons (Fsp3) is 0.333. The van der Waals surface area contributed by atoms with Crippen molar-refractivity contribution < 1.29 is 4.79 Å². The third-order valence-corrected chi connectivity index (χ3v) is 4.56. The summed E-state index contributed by atoms with van der Waals surface area (Å²) >= 11 is 0. The van der Waals surface area contributed by atoms with Crippen LogP contribution in [0.1, 0.15) is 35.9 Å². The summed E-state index contributed by atoms with van der Waals surface area (Å²) in [5.74, 6) is 1.94. The third-order valence-electron chi connectivity index (χ3n) is 4.56. The highest BCUT2D eigenvalue weighted by molar-refractivity contribution is 6.00. The van der Waals surface area contributed by atoms with E-state index in [0.717, 1.165) is 11.4 Å². The van der Waals surface area contributed by atoms with Crippen molar-refractivity contribution in [2.45, 2.75) is 32.7 Å². The van der Waals surface area contributed by atoms with Gasteiger partial charge in [0.05, 0.1) is 5.56 Å². The van der Waals surface area contributed by atoms with Crippen molar-refractivity contribution in [2.24, 2.45) is 5.92 Å². The fourth-order valence-corrected chi connectivity index (χ4v) is 2.94. The number of nitrogens with zero attached hydrogens (tertiary/aromatic N) is 4. The van der Waals surface area contributed by atoms with Crippen molar-refractivity contribution in [2.75, 3.05) is 0 Å². The number of amides is 1. The van der Waals surface area contributed by atoms with Crippen LogP contribution in [0.25, 0.3) is 17.0 Å². The van der Waals surface area contributed by atoms with E-state index in [1.54, 1.807) is 12.4 Å². The molecule has 4 rings (SSSR count). The SMILES string of the molecule is Cc1nc(-c2ccncc2)nc2c(C(=O)NC(C)C3CC3)ccn12. The number of rotatable bonds is 4. The van der Waals surface area contributed by atoms with Crippen LogP contribution in [0.2, 0.25) is 0 Å². The molecule has 1 aliphatic rings. The van der Waals surface area contributed by atoms with Crippen molar-refractivity contribution >= 4 is 11.6 Å². The second-order valence-corrected chi connectivity index (χ2v) is 6.35. The summed E-state index contributed by atoms with van der Waals surface area (Å²) in [6.07, 6.45) is 7.66. The largest absolute Gasteiger partial charge is 0.349 e. The van der Waals surface area contributed by atoms with Crippen LogP contribution < -0.4 is 5.32 Å². The highest BCUT2D eigenvalue weighted by Gasteiger charge is 2.29. The van der Waals surface area contributed by atoms with Gasteiger partial charge in [-0.05, 0) is 50.8 Å². The summed E-state index contributed by atoms with van der Waals surface area (Å²) in [6, 6.07) is 5.74. The molecule has 0 saturated heterocycles. The van der Waals surface area contributed by atoms with Crippen LogP contribution in [0.15, 0.2) is 36.8 Å². The molecule has 3 aromatic rings. The first-order chi connectivity index (χ1) is 11.6. The Bertz CT molecular complexity index is 898. The molecule has 1 fully saturated rings. The molecule has 1 saturated carbocycles. The fourth-order valence-electron chi connectivity index (χ4n) is 2.94. The molecule has 6 nitrogen and oxygen atoms in total. The number of hydrogen-bond acceptors (Lipinski definition) is 4. The van der Waals surface area contributed by atoms with Gasteiger partial charge in [0.2, 0.25) is 0 Å². The second kappa shape index (κ2) is 5.70. The number of fused-ring (bicyclic) bond motifs is 1. The Morgan fingerprint density at radius 3 is 2.71 bits per heavy atom. The minimum Gasteiger partial charge on any atom is -0.349 e. The Morgan fingerprint density at radius 2 is 2.00 bits per heavy atom. The molecule has 1 aliphatic carbocycles. The van der Waals surface area contributed by atoms with Gasteiger partial charge in [-0.15, -0.1) is 0 Å². The molecule has 122 valence electrons. The van der Waals surface area contributed by atoms with Gasteiger partial charge in [-0.2, -0.15) is 0 Å². The monoisotopic (exact) mass is 321 g/mol. The number of hydrogen-bond donors (Lipinski definition) is 1. The smallest absolute Gasteiger partial charge is 0.255 e. The van der Waals surface area contributed by atoms with Crippen LogP contribution in [0, 0.1) is 12.8 Å². The molecular weight excluding hydrogens is 302 g/mol. The molecule has 3 aromatic heterocycles. The van der Waals surface area contributed by atoms with Gasteiger partial charge in [0.15, 0.2) is 11.5 Å². The summed E-state index contributed by atoms with van der Waals surface area (Å²) in [7, 11) is 0. The highest BCUT2D eigenvalue weighted by Crippen LogP contribution is 2.32. The molecule has 0 aliphatic heterocycles. The van der Waals surface area contributed by atoms with Crippen molar-refractivity contribution in [1.82, 2.24) is 24.7 Å². The average molecular weight is 321 g/mol. The lowest BCUT2D eigenvalue weighted by Gasteiger charge is -2.12. The number of aromatic nitrogens is 4. The minimum absolute atomic E-state index is 0.0734. The van der Waals surface area contributed by atoms with Crippen molar-refractivity contribution in [3.63, 3.8) is 0 Å². The van der Waals surface area contributed by atoms with Gasteiger partial charge in [-0.3, -0.25) is 14.2 Å². The Morgan fingerprint density at radius 1 is 1.25 bits per heavy atom. The summed E-state index contributed by atoms with van der Waals surface area (Å²) in [5.41, 5.74) is 2.10. The zero-order valence-corrected chi connectivity index (χ0v) is 13.7. The Hall–Kier alpha value is -2.76. The number of pyridine rings is 1. The summed E-state index contributed by atoms with van der Waals surface area (Å²) in [5, 5.41) is 3.09. The van der Waals surface area contributed by atoms with E-state index in [9.17, 15) is 4.79 Å². The van der Waals surface area contributed by atoms with E-state index in [1.165, 1.54) is 12.8 Å². The van der Waals surface area contributed by atoms with Gasteiger partial charge in [0.1, 0.15) is 5.82 Å². The molecule has 24 heavy (non-hydrogen) atoms. The molecule has 3 heterocycles. The first kappa shape index (κ1) is 14.8. The van der Waals surface area contributed by atoms with E-state index in [0.29, 0.717) is 23.0 Å². The lowest BCUT2D eigenvalue weighted by atomic mass is 10.2. The maximum atomic E-state index is 12.6. The van der Waals surface area contributed by atoms with Crippen molar-refractivity contribution in [1.29, 1.82) is 0 Å². The maximum Gasteiger partial charge on any atom is 0.255 e. The summed E-state index contributed by atoms with van der Waals surface area (Å²) < 4.78 is 1.85. The quantitative estimate of drug-likeness (QED) is 0.802. The number of carbonyl (C=O) groups excluding carboxylic acids is 1. The molecule has 1 amide bonds. The molecule has 0 aromatic carbocycles. The number of carbonyl (C=O) groups is 1.